The number of likely N-dealkylation sites (tertiary alicyclic amines) is 1. The molecule has 0 radical (unpaired) electrons. The van der Waals surface area contributed by atoms with E-state index >= 15 is 0 Å². The monoisotopic (exact) mass is 365 g/mol. The minimum Gasteiger partial charge on any atom is -0.338 e. The van der Waals surface area contributed by atoms with Crippen molar-refractivity contribution >= 4 is 29.9 Å². The first-order valence-corrected chi connectivity index (χ1v) is 8.72. The Hall–Kier alpha value is -1.59. The number of carbonyl (C=O) groups is 2. The quantitative estimate of drug-likeness (QED) is 0.846. The maximum Gasteiger partial charge on any atom is 0.255 e. The van der Waals surface area contributed by atoms with Gasteiger partial charge >= 0.3 is 0 Å². The van der Waals surface area contributed by atoms with E-state index in [2.05, 4.69) is 5.32 Å². The third kappa shape index (κ3) is 3.98. The van der Waals surface area contributed by atoms with Crippen LogP contribution < -0.4 is 11.1 Å². The number of carbonyl (C=O) groups excluding carboxylic acids is 2. The number of hydrogen-bond donors (Lipinski definition) is 2. The first-order chi connectivity index (χ1) is 11.3. The highest BCUT2D eigenvalue weighted by Crippen LogP contribution is 2.38. The lowest BCUT2D eigenvalue weighted by Crippen LogP contribution is -2.34. The highest BCUT2D eigenvalue weighted by molar-refractivity contribution is 6.04. The molecule has 1 heterocycles. The zero-order chi connectivity index (χ0) is 17.5. The Bertz CT molecular complexity index is 656. The van der Waals surface area contributed by atoms with Crippen LogP contribution in [0, 0.1) is 17.3 Å². The number of hydrogen-bond acceptors (Lipinski definition) is 3. The molecule has 3 N–H and O–H groups in total. The van der Waals surface area contributed by atoms with E-state index < -0.39 is 5.41 Å². The van der Waals surface area contributed by atoms with Gasteiger partial charge in [0.05, 0.1) is 11.3 Å². The molecule has 1 saturated carbocycles. The molecule has 0 aromatic heterocycles. The lowest BCUT2D eigenvalue weighted by Gasteiger charge is -2.22. The van der Waals surface area contributed by atoms with Gasteiger partial charge in [-0.2, -0.15) is 0 Å². The Balaban J connectivity index is 0.00000225. The smallest absolute Gasteiger partial charge is 0.255 e. The molecule has 5 nitrogen and oxygen atoms in total. The summed E-state index contributed by atoms with van der Waals surface area (Å²) in [7, 11) is 0. The van der Waals surface area contributed by atoms with Gasteiger partial charge in [0.1, 0.15) is 0 Å². The number of amides is 2. The van der Waals surface area contributed by atoms with Crippen LogP contribution in [-0.4, -0.2) is 35.8 Å². The van der Waals surface area contributed by atoms with E-state index in [4.69, 9.17) is 5.73 Å². The van der Waals surface area contributed by atoms with Crippen molar-refractivity contribution in [2.75, 3.05) is 18.4 Å². The number of nitrogens with two attached hydrogens (primary N) is 1. The minimum absolute atomic E-state index is 0. The second-order valence-corrected chi connectivity index (χ2v) is 8.12. The summed E-state index contributed by atoms with van der Waals surface area (Å²) < 4.78 is 0. The van der Waals surface area contributed by atoms with Crippen molar-refractivity contribution in [2.45, 2.75) is 39.7 Å². The number of benzene rings is 1. The molecule has 0 bridgehead atoms. The summed E-state index contributed by atoms with van der Waals surface area (Å²) >= 11 is 0. The number of nitrogens with one attached hydrogen (secondary N) is 1. The fourth-order valence-electron chi connectivity index (χ4n) is 3.73. The summed E-state index contributed by atoms with van der Waals surface area (Å²) in [6.07, 6.45) is 2.17. The van der Waals surface area contributed by atoms with E-state index in [1.807, 2.05) is 37.8 Å². The van der Waals surface area contributed by atoms with E-state index in [1.165, 1.54) is 0 Å². The molecule has 3 rings (SSSR count). The fourth-order valence-corrected chi connectivity index (χ4v) is 3.73. The second kappa shape index (κ2) is 7.34. The lowest BCUT2D eigenvalue weighted by atomic mass is 9.95. The zero-order valence-corrected chi connectivity index (χ0v) is 15.9. The third-order valence-corrected chi connectivity index (χ3v) is 5.29. The van der Waals surface area contributed by atoms with Crippen LogP contribution in [0.5, 0.6) is 0 Å². The molecule has 1 aliphatic carbocycles. The standard InChI is InChI=1S/C19H27N3O2.ClH/c1-19(2,3)18(24)21-16-7-5-4-6-13(16)17(23)22-10-12-8-9-15(20)14(12)11-22;/h4-7,12,14-15H,8-11,20H2,1-3H3,(H,21,24);1H. The summed E-state index contributed by atoms with van der Waals surface area (Å²) in [6.45, 7) is 7.08. The highest BCUT2D eigenvalue weighted by Gasteiger charge is 2.42. The summed E-state index contributed by atoms with van der Waals surface area (Å²) in [5.74, 6) is 0.843. The second-order valence-electron chi connectivity index (χ2n) is 8.12. The molecule has 2 aliphatic rings. The molecule has 3 unspecified atom stereocenters. The van der Waals surface area contributed by atoms with Crippen LogP contribution in [-0.2, 0) is 4.79 Å². The SMILES string of the molecule is CC(C)(C)C(=O)Nc1ccccc1C(=O)N1CC2CCC(N)C2C1.Cl. The molecule has 6 heteroatoms. The maximum atomic E-state index is 13.0. The maximum absolute atomic E-state index is 13.0. The van der Waals surface area contributed by atoms with E-state index in [0.29, 0.717) is 23.1 Å². The van der Waals surface area contributed by atoms with E-state index in [-0.39, 0.29) is 30.3 Å². The van der Waals surface area contributed by atoms with Crippen LogP contribution in [0.4, 0.5) is 5.69 Å². The molecule has 1 aliphatic heterocycles. The van der Waals surface area contributed by atoms with Gasteiger partial charge in [0, 0.05) is 24.5 Å². The van der Waals surface area contributed by atoms with Crippen LogP contribution in [0.15, 0.2) is 24.3 Å². The van der Waals surface area contributed by atoms with Crippen LogP contribution in [0.2, 0.25) is 0 Å². The van der Waals surface area contributed by atoms with Gasteiger partial charge in [-0.15, -0.1) is 12.4 Å². The highest BCUT2D eigenvalue weighted by atomic mass is 35.5. The largest absolute Gasteiger partial charge is 0.338 e. The van der Waals surface area contributed by atoms with Gasteiger partial charge in [-0.1, -0.05) is 32.9 Å². The van der Waals surface area contributed by atoms with Gasteiger partial charge in [-0.05, 0) is 36.8 Å². The van der Waals surface area contributed by atoms with Crippen LogP contribution in [0.1, 0.15) is 44.0 Å². The van der Waals surface area contributed by atoms with Crippen molar-refractivity contribution in [2.24, 2.45) is 23.0 Å². The average Bonchev–Trinajstić information content (AvgIpc) is 3.09. The fraction of sp³-hybridized carbons (Fsp3) is 0.579. The van der Waals surface area contributed by atoms with Crippen molar-refractivity contribution < 1.29 is 9.59 Å². The molecule has 0 spiro atoms. The molecule has 3 atom stereocenters. The average molecular weight is 366 g/mol. The van der Waals surface area contributed by atoms with Gasteiger partial charge in [-0.3, -0.25) is 9.59 Å². The van der Waals surface area contributed by atoms with Crippen molar-refractivity contribution in [3.63, 3.8) is 0 Å². The molecule has 2 amide bonds. The first-order valence-electron chi connectivity index (χ1n) is 8.72. The predicted octanol–water partition coefficient (Wildman–Crippen LogP) is 2.90. The summed E-state index contributed by atoms with van der Waals surface area (Å²) in [5, 5.41) is 2.90. The van der Waals surface area contributed by atoms with Gasteiger partial charge in [0.15, 0.2) is 0 Å². The van der Waals surface area contributed by atoms with Gasteiger partial charge in [0.25, 0.3) is 5.91 Å². The Kier molecular flexibility index (Phi) is 5.79. The van der Waals surface area contributed by atoms with E-state index in [9.17, 15) is 9.59 Å². The van der Waals surface area contributed by atoms with Crippen molar-refractivity contribution in [3.05, 3.63) is 29.8 Å². The predicted molar refractivity (Wildman–Crippen MR) is 102 cm³/mol. The first kappa shape index (κ1) is 19.7. The number of nitrogens with zero attached hydrogens (tertiary/aromatic N) is 1. The summed E-state index contributed by atoms with van der Waals surface area (Å²) in [6, 6.07) is 7.46. The Morgan fingerprint density at radius 3 is 2.48 bits per heavy atom. The van der Waals surface area contributed by atoms with E-state index in [1.54, 1.807) is 12.1 Å². The van der Waals surface area contributed by atoms with Crippen LogP contribution in [0.3, 0.4) is 0 Å². The number of halogens is 1. The van der Waals surface area contributed by atoms with Gasteiger partial charge in [0.2, 0.25) is 5.91 Å². The normalized spacial score (nSPS) is 25.3. The summed E-state index contributed by atoms with van der Waals surface area (Å²) in [5.41, 5.74) is 6.81. The Labute approximate surface area is 155 Å². The molecule has 25 heavy (non-hydrogen) atoms. The molecule has 1 aromatic carbocycles. The topological polar surface area (TPSA) is 75.4 Å². The van der Waals surface area contributed by atoms with Crippen LogP contribution in [0.25, 0.3) is 0 Å². The number of fused-ring (bicyclic) bond motifs is 1. The zero-order valence-electron chi connectivity index (χ0n) is 15.1. The molecule has 2 fully saturated rings. The lowest BCUT2D eigenvalue weighted by molar-refractivity contribution is -0.123. The summed E-state index contributed by atoms with van der Waals surface area (Å²) in [4.78, 5) is 27.1. The van der Waals surface area contributed by atoms with Crippen molar-refractivity contribution in [3.8, 4) is 0 Å². The third-order valence-electron chi connectivity index (χ3n) is 5.29. The van der Waals surface area contributed by atoms with Gasteiger partial charge in [-0.25, -0.2) is 0 Å². The Morgan fingerprint density at radius 2 is 1.84 bits per heavy atom. The van der Waals surface area contributed by atoms with Crippen LogP contribution >= 0.6 is 12.4 Å². The van der Waals surface area contributed by atoms with E-state index in [0.717, 1.165) is 25.9 Å². The number of anilines is 1. The van der Waals surface area contributed by atoms with Crippen molar-refractivity contribution in [1.82, 2.24) is 4.90 Å². The number of para-hydroxylation sites is 1. The minimum atomic E-state index is -0.506. The Morgan fingerprint density at radius 1 is 1.16 bits per heavy atom. The van der Waals surface area contributed by atoms with Gasteiger partial charge < -0.3 is 16.0 Å². The molecular weight excluding hydrogens is 338 g/mol. The molecule has 1 aromatic rings. The molecular formula is C19H28ClN3O2. The number of rotatable bonds is 2. The van der Waals surface area contributed by atoms with Crippen molar-refractivity contribution in [1.29, 1.82) is 0 Å². The molecule has 1 saturated heterocycles. The molecule has 138 valence electrons.